The molecule has 0 heteroatoms. The van der Waals surface area contributed by atoms with Crippen LogP contribution in [0, 0.1) is 0 Å². The second-order valence-corrected chi connectivity index (χ2v) is 16.1. The van der Waals surface area contributed by atoms with E-state index >= 15 is 0 Å². The molecule has 302 valence electrons. The van der Waals surface area contributed by atoms with Crippen molar-refractivity contribution in [3.8, 4) is 55.6 Å². The molecule has 0 radical (unpaired) electrons. The molecule has 0 aliphatic heterocycles. The summed E-state index contributed by atoms with van der Waals surface area (Å²) in [6, 6.07) is 95.9. The monoisotopic (exact) mass is 814 g/mol. The minimum atomic E-state index is 1.15. The Balaban J connectivity index is 0.939. The van der Waals surface area contributed by atoms with Crippen molar-refractivity contribution in [3.63, 3.8) is 0 Å². The molecule has 0 unspecified atom stereocenters. The summed E-state index contributed by atoms with van der Waals surface area (Å²) in [7, 11) is 0. The van der Waals surface area contributed by atoms with Crippen molar-refractivity contribution in [2.45, 2.75) is 0 Å². The van der Waals surface area contributed by atoms with Gasteiger partial charge < -0.3 is 0 Å². The molecule has 0 bridgehead atoms. The summed E-state index contributed by atoms with van der Waals surface area (Å²) in [5.74, 6) is 0. The minimum Gasteiger partial charge on any atom is -0.0622 e. The van der Waals surface area contributed by atoms with Crippen LogP contribution in [0.3, 0.4) is 0 Å². The second kappa shape index (κ2) is 18.7. The van der Waals surface area contributed by atoms with Crippen LogP contribution < -0.4 is 0 Å². The molecule has 0 atom stereocenters. The van der Waals surface area contributed by atoms with Gasteiger partial charge in [0.05, 0.1) is 0 Å². The molecule has 0 aliphatic carbocycles. The molecular weight excluding hydrogens is 769 g/mol. The van der Waals surface area contributed by atoms with Gasteiger partial charge in [-0.15, -0.1) is 0 Å². The molecule has 0 spiro atoms. The Morgan fingerprint density at radius 2 is 0.344 bits per heavy atom. The summed E-state index contributed by atoms with van der Waals surface area (Å²) in [6.07, 6.45) is 4.63. The zero-order chi connectivity index (χ0) is 42.9. The maximum Gasteiger partial charge on any atom is -0.0105 e. The first-order valence-corrected chi connectivity index (χ1v) is 22.0. The summed E-state index contributed by atoms with van der Waals surface area (Å²) < 4.78 is 0. The number of benzene rings is 10. The zero-order valence-corrected chi connectivity index (χ0v) is 35.6. The van der Waals surface area contributed by atoms with Crippen molar-refractivity contribution < 1.29 is 0 Å². The molecule has 0 saturated heterocycles. The van der Waals surface area contributed by atoms with Crippen LogP contribution >= 0.6 is 0 Å². The second-order valence-electron chi connectivity index (χ2n) is 16.1. The minimum absolute atomic E-state index is 1.15. The molecule has 64 heavy (non-hydrogen) atoms. The van der Waals surface area contributed by atoms with E-state index in [1.54, 1.807) is 0 Å². The van der Waals surface area contributed by atoms with Crippen LogP contribution in [0.2, 0.25) is 0 Å². The van der Waals surface area contributed by atoms with Gasteiger partial charge in [-0.3, -0.25) is 0 Å². The summed E-state index contributed by atoms with van der Waals surface area (Å²) in [4.78, 5) is 0. The van der Waals surface area contributed by atoms with Gasteiger partial charge in [-0.25, -0.2) is 0 Å². The molecule has 0 N–H and O–H groups in total. The highest BCUT2D eigenvalue weighted by molar-refractivity contribution is 5.94. The SMILES string of the molecule is C(=C(c1ccc(-c2ccccc2)cc1)c1ccc(-c2ccccc2)cc1)c1ccc(-c2ccc(C=C(c3ccc(-c4ccccc4)cc3)c3ccc(-c4ccccc4)cc3)cc2)cc1. The smallest absolute Gasteiger partial charge is 0.0105 e. The summed E-state index contributed by atoms with van der Waals surface area (Å²) in [5.41, 5.74) is 21.5. The molecule has 0 amide bonds. The highest BCUT2D eigenvalue weighted by Gasteiger charge is 2.11. The van der Waals surface area contributed by atoms with Gasteiger partial charge in [-0.2, -0.15) is 0 Å². The van der Waals surface area contributed by atoms with Gasteiger partial charge >= 0.3 is 0 Å². The Labute approximate surface area is 377 Å². The van der Waals surface area contributed by atoms with E-state index in [0.29, 0.717) is 0 Å². The summed E-state index contributed by atoms with van der Waals surface area (Å²) >= 11 is 0. The molecular formula is C64H46. The van der Waals surface area contributed by atoms with Crippen LogP contribution in [0.1, 0.15) is 33.4 Å². The van der Waals surface area contributed by atoms with Gasteiger partial charge in [0.2, 0.25) is 0 Å². The largest absolute Gasteiger partial charge is 0.0622 e. The standard InChI is InChI=1S/C64H46/c1-5-13-49(14-6-1)55-29-37-59(38-30-55)63(60-39-31-56(32-40-60)50-15-7-2-8-16-50)45-47-21-25-53(26-22-47)54-27-23-48(24-28-54)46-64(61-41-33-57(34-42-61)51-17-9-3-10-18-51)62-43-35-58(36-44-62)52-19-11-4-12-20-52/h1-46H. The van der Waals surface area contributed by atoms with Gasteiger partial charge in [-0.1, -0.05) is 267 Å². The van der Waals surface area contributed by atoms with E-state index in [4.69, 9.17) is 0 Å². The van der Waals surface area contributed by atoms with E-state index in [2.05, 4.69) is 279 Å². The topological polar surface area (TPSA) is 0 Å². The first kappa shape index (κ1) is 39.8. The highest BCUT2D eigenvalue weighted by Crippen LogP contribution is 2.34. The van der Waals surface area contributed by atoms with E-state index in [0.717, 1.165) is 11.1 Å². The Morgan fingerprint density at radius 1 is 0.172 bits per heavy atom. The Kier molecular flexibility index (Phi) is 11.7. The van der Waals surface area contributed by atoms with Crippen LogP contribution in [0.25, 0.3) is 78.9 Å². The molecule has 0 aromatic heterocycles. The first-order chi connectivity index (χ1) is 31.7. The summed E-state index contributed by atoms with van der Waals surface area (Å²) in [5, 5.41) is 0. The average Bonchev–Trinajstić information content (AvgIpc) is 3.39. The van der Waals surface area contributed by atoms with Crippen molar-refractivity contribution in [2.24, 2.45) is 0 Å². The third kappa shape index (κ3) is 9.14. The van der Waals surface area contributed by atoms with E-state index in [9.17, 15) is 0 Å². The van der Waals surface area contributed by atoms with Gasteiger partial charge in [0.25, 0.3) is 0 Å². The lowest BCUT2D eigenvalue weighted by Gasteiger charge is -2.13. The summed E-state index contributed by atoms with van der Waals surface area (Å²) in [6.45, 7) is 0. The van der Waals surface area contributed by atoms with E-state index < -0.39 is 0 Å². The fourth-order valence-corrected chi connectivity index (χ4v) is 8.43. The zero-order valence-electron chi connectivity index (χ0n) is 35.6. The Morgan fingerprint density at radius 3 is 0.547 bits per heavy atom. The fourth-order valence-electron chi connectivity index (χ4n) is 8.43. The predicted molar refractivity (Wildman–Crippen MR) is 273 cm³/mol. The van der Waals surface area contributed by atoms with Crippen LogP contribution in [0.5, 0.6) is 0 Å². The van der Waals surface area contributed by atoms with Gasteiger partial charge in [0.1, 0.15) is 0 Å². The van der Waals surface area contributed by atoms with Crippen molar-refractivity contribution in [2.75, 3.05) is 0 Å². The molecule has 0 fully saturated rings. The predicted octanol–water partition coefficient (Wildman–Crippen LogP) is 17.2. The lowest BCUT2D eigenvalue weighted by atomic mass is 9.92. The third-order valence-electron chi connectivity index (χ3n) is 12.0. The van der Waals surface area contributed by atoms with E-state index in [-0.39, 0.29) is 0 Å². The molecule has 0 heterocycles. The maximum absolute atomic E-state index is 2.31. The van der Waals surface area contributed by atoms with Crippen LogP contribution in [-0.2, 0) is 0 Å². The molecule has 0 nitrogen and oxygen atoms in total. The molecule has 0 aliphatic rings. The van der Waals surface area contributed by atoms with Gasteiger partial charge in [-0.05, 0) is 112 Å². The molecule has 10 aromatic rings. The van der Waals surface area contributed by atoms with E-state index in [1.807, 2.05) is 0 Å². The van der Waals surface area contributed by atoms with Gasteiger partial charge in [0, 0.05) is 0 Å². The quantitative estimate of drug-likeness (QED) is 0.114. The van der Waals surface area contributed by atoms with E-state index in [1.165, 1.54) is 89.0 Å². The molecule has 10 rings (SSSR count). The van der Waals surface area contributed by atoms with Crippen LogP contribution in [-0.4, -0.2) is 0 Å². The third-order valence-corrected chi connectivity index (χ3v) is 12.0. The maximum atomic E-state index is 2.31. The van der Waals surface area contributed by atoms with Gasteiger partial charge in [0.15, 0.2) is 0 Å². The number of rotatable bonds is 11. The lowest BCUT2D eigenvalue weighted by Crippen LogP contribution is -1.90. The molecule has 10 aromatic carbocycles. The molecule has 0 saturated carbocycles. The first-order valence-electron chi connectivity index (χ1n) is 22.0. The van der Waals surface area contributed by atoms with Crippen LogP contribution in [0.4, 0.5) is 0 Å². The van der Waals surface area contributed by atoms with Crippen molar-refractivity contribution in [1.29, 1.82) is 0 Å². The number of hydrogen-bond acceptors (Lipinski definition) is 0. The average molecular weight is 815 g/mol. The Hall–Kier alpha value is -8.32. The fraction of sp³-hybridized carbons (Fsp3) is 0. The highest BCUT2D eigenvalue weighted by atomic mass is 14.2. The van der Waals surface area contributed by atoms with Crippen molar-refractivity contribution in [3.05, 3.63) is 300 Å². The van der Waals surface area contributed by atoms with Crippen LogP contribution in [0.15, 0.2) is 267 Å². The Bertz CT molecular complexity index is 2730. The normalized spacial score (nSPS) is 10.8. The number of hydrogen-bond donors (Lipinski definition) is 0. The lowest BCUT2D eigenvalue weighted by molar-refractivity contribution is 1.53. The van der Waals surface area contributed by atoms with Crippen molar-refractivity contribution >= 4 is 23.3 Å². The van der Waals surface area contributed by atoms with Crippen molar-refractivity contribution in [1.82, 2.24) is 0 Å².